The van der Waals surface area contributed by atoms with Crippen molar-refractivity contribution < 1.29 is 19.1 Å². The molecule has 0 unspecified atom stereocenters. The molecule has 2 aromatic carbocycles. The molecule has 0 spiro atoms. The number of rotatable bonds is 3. The average molecular weight is 314 g/mol. The van der Waals surface area contributed by atoms with Gasteiger partial charge in [0, 0.05) is 24.3 Å². The third kappa shape index (κ3) is 3.31. The first-order valence-corrected chi connectivity index (χ1v) is 7.19. The minimum Gasteiger partial charge on any atom is -0.508 e. The van der Waals surface area contributed by atoms with Crippen LogP contribution in [0.4, 0.5) is 15.8 Å². The molecule has 1 aliphatic heterocycles. The molecule has 2 amide bonds. The van der Waals surface area contributed by atoms with Crippen LogP contribution in [0.15, 0.2) is 48.5 Å². The lowest BCUT2D eigenvalue weighted by Crippen LogP contribution is -2.28. The van der Waals surface area contributed by atoms with Crippen molar-refractivity contribution in [2.24, 2.45) is 5.92 Å². The molecule has 118 valence electrons. The topological polar surface area (TPSA) is 69.6 Å². The molecular formula is C17H15FN2O3. The molecule has 1 aliphatic rings. The third-order valence-electron chi connectivity index (χ3n) is 3.77. The van der Waals surface area contributed by atoms with Gasteiger partial charge < -0.3 is 15.3 Å². The van der Waals surface area contributed by atoms with Crippen molar-refractivity contribution in [3.8, 4) is 5.75 Å². The Balaban J connectivity index is 1.68. The van der Waals surface area contributed by atoms with E-state index < -0.39 is 5.92 Å². The van der Waals surface area contributed by atoms with Gasteiger partial charge in [-0.05, 0) is 48.5 Å². The molecule has 1 heterocycles. The first-order chi connectivity index (χ1) is 11.0. The van der Waals surface area contributed by atoms with Crippen LogP contribution in [0, 0.1) is 11.7 Å². The summed E-state index contributed by atoms with van der Waals surface area (Å²) in [5.74, 6) is -1.15. The number of carbonyl (C=O) groups excluding carboxylic acids is 2. The number of phenolic OH excluding ortho intramolecular Hbond substituents is 1. The van der Waals surface area contributed by atoms with Crippen LogP contribution in [0.3, 0.4) is 0 Å². The Morgan fingerprint density at radius 1 is 1.13 bits per heavy atom. The molecule has 23 heavy (non-hydrogen) atoms. The van der Waals surface area contributed by atoms with Gasteiger partial charge in [-0.2, -0.15) is 0 Å². The molecule has 2 N–H and O–H groups in total. The number of hydrogen-bond donors (Lipinski definition) is 2. The number of anilines is 2. The van der Waals surface area contributed by atoms with Crippen LogP contribution in [0.2, 0.25) is 0 Å². The first-order valence-electron chi connectivity index (χ1n) is 7.19. The van der Waals surface area contributed by atoms with E-state index >= 15 is 0 Å². The minimum absolute atomic E-state index is 0.112. The van der Waals surface area contributed by atoms with E-state index in [0.717, 1.165) is 0 Å². The van der Waals surface area contributed by atoms with E-state index in [1.807, 2.05) is 0 Å². The average Bonchev–Trinajstić information content (AvgIpc) is 2.92. The molecule has 2 aromatic rings. The molecule has 0 aromatic heterocycles. The zero-order chi connectivity index (χ0) is 16.4. The normalized spacial score (nSPS) is 17.3. The Morgan fingerprint density at radius 2 is 1.78 bits per heavy atom. The second kappa shape index (κ2) is 6.08. The first kappa shape index (κ1) is 15.0. The smallest absolute Gasteiger partial charge is 0.229 e. The number of nitrogens with zero attached hydrogens (tertiary/aromatic N) is 1. The molecule has 0 saturated carbocycles. The quantitative estimate of drug-likeness (QED) is 0.855. The number of halogens is 1. The molecule has 6 heteroatoms. The number of benzene rings is 2. The highest BCUT2D eigenvalue weighted by Crippen LogP contribution is 2.26. The van der Waals surface area contributed by atoms with Crippen LogP contribution in [-0.4, -0.2) is 23.5 Å². The molecule has 5 nitrogen and oxygen atoms in total. The van der Waals surface area contributed by atoms with E-state index in [1.165, 1.54) is 41.3 Å². The van der Waals surface area contributed by atoms with Gasteiger partial charge in [0.05, 0.1) is 5.92 Å². The molecule has 3 rings (SSSR count). The monoisotopic (exact) mass is 314 g/mol. The Hall–Kier alpha value is -2.89. The zero-order valence-corrected chi connectivity index (χ0v) is 12.2. The Labute approximate surface area is 132 Å². The third-order valence-corrected chi connectivity index (χ3v) is 3.77. The highest BCUT2D eigenvalue weighted by molar-refractivity contribution is 6.03. The summed E-state index contributed by atoms with van der Waals surface area (Å²) in [5.41, 5.74) is 1.14. The fourth-order valence-corrected chi connectivity index (χ4v) is 2.54. The maximum atomic E-state index is 13.0. The van der Waals surface area contributed by atoms with Crippen LogP contribution < -0.4 is 10.2 Å². The summed E-state index contributed by atoms with van der Waals surface area (Å²) in [4.78, 5) is 25.8. The van der Waals surface area contributed by atoms with E-state index in [0.29, 0.717) is 11.4 Å². The second-order valence-electron chi connectivity index (χ2n) is 5.42. The number of phenols is 1. The summed E-state index contributed by atoms with van der Waals surface area (Å²) >= 11 is 0. The lowest BCUT2D eigenvalue weighted by atomic mass is 10.1. The van der Waals surface area contributed by atoms with E-state index in [1.54, 1.807) is 12.1 Å². The lowest BCUT2D eigenvalue weighted by Gasteiger charge is -2.16. The molecular weight excluding hydrogens is 299 g/mol. The number of nitrogens with one attached hydrogen (secondary N) is 1. The number of amides is 2. The van der Waals surface area contributed by atoms with Gasteiger partial charge in [0.2, 0.25) is 11.8 Å². The van der Waals surface area contributed by atoms with Crippen molar-refractivity contribution in [3.05, 3.63) is 54.3 Å². The van der Waals surface area contributed by atoms with Crippen molar-refractivity contribution in [1.82, 2.24) is 0 Å². The maximum absolute atomic E-state index is 13.0. The van der Waals surface area contributed by atoms with Crippen molar-refractivity contribution in [3.63, 3.8) is 0 Å². The fraction of sp³-hybridized carbons (Fsp3) is 0.176. The fourth-order valence-electron chi connectivity index (χ4n) is 2.54. The van der Waals surface area contributed by atoms with Gasteiger partial charge >= 0.3 is 0 Å². The summed E-state index contributed by atoms with van der Waals surface area (Å²) in [5, 5.41) is 12.0. The van der Waals surface area contributed by atoms with Crippen LogP contribution >= 0.6 is 0 Å². The largest absolute Gasteiger partial charge is 0.508 e. The van der Waals surface area contributed by atoms with Gasteiger partial charge in [-0.25, -0.2) is 4.39 Å². The standard InChI is InChI=1S/C17H15FN2O3/c18-12-1-5-14(6-2-12)20-10-11(9-16(20)22)17(23)19-13-3-7-15(21)8-4-13/h1-8,11,21H,9-10H2,(H,19,23)/t11-/m1/s1. The van der Waals surface area contributed by atoms with Crippen LogP contribution in [0.5, 0.6) is 5.75 Å². The molecule has 1 atom stereocenters. The Kier molecular flexibility index (Phi) is 3.97. The highest BCUT2D eigenvalue weighted by atomic mass is 19.1. The van der Waals surface area contributed by atoms with Crippen molar-refractivity contribution in [2.75, 3.05) is 16.8 Å². The predicted octanol–water partition coefficient (Wildman–Crippen LogP) is 2.52. The Morgan fingerprint density at radius 3 is 2.43 bits per heavy atom. The van der Waals surface area contributed by atoms with Gasteiger partial charge in [-0.1, -0.05) is 0 Å². The van der Waals surface area contributed by atoms with Crippen molar-refractivity contribution >= 4 is 23.2 Å². The molecule has 0 radical (unpaired) electrons. The second-order valence-corrected chi connectivity index (χ2v) is 5.42. The summed E-state index contributed by atoms with van der Waals surface area (Å²) in [6.07, 6.45) is 0.112. The Bertz CT molecular complexity index is 729. The van der Waals surface area contributed by atoms with Gasteiger partial charge in [-0.3, -0.25) is 9.59 Å². The van der Waals surface area contributed by atoms with Crippen molar-refractivity contribution in [2.45, 2.75) is 6.42 Å². The van der Waals surface area contributed by atoms with E-state index in [4.69, 9.17) is 0 Å². The SMILES string of the molecule is O=C(Nc1ccc(O)cc1)[C@@H]1CC(=O)N(c2ccc(F)cc2)C1. The zero-order valence-electron chi connectivity index (χ0n) is 12.2. The molecule has 0 aliphatic carbocycles. The lowest BCUT2D eigenvalue weighted by molar-refractivity contribution is -0.122. The summed E-state index contributed by atoms with van der Waals surface area (Å²) in [6, 6.07) is 11.7. The predicted molar refractivity (Wildman–Crippen MR) is 83.6 cm³/mol. The molecule has 1 fully saturated rings. The van der Waals surface area contributed by atoms with Gasteiger partial charge in [0.1, 0.15) is 11.6 Å². The van der Waals surface area contributed by atoms with Crippen LogP contribution in [0.25, 0.3) is 0 Å². The summed E-state index contributed by atoms with van der Waals surface area (Å²) in [7, 11) is 0. The molecule has 1 saturated heterocycles. The molecule has 0 bridgehead atoms. The van der Waals surface area contributed by atoms with Crippen LogP contribution in [-0.2, 0) is 9.59 Å². The number of hydrogen-bond acceptors (Lipinski definition) is 3. The number of carbonyl (C=O) groups is 2. The van der Waals surface area contributed by atoms with Gasteiger partial charge in [0.15, 0.2) is 0 Å². The maximum Gasteiger partial charge on any atom is 0.229 e. The van der Waals surface area contributed by atoms with E-state index in [9.17, 15) is 19.1 Å². The minimum atomic E-state index is -0.471. The van der Waals surface area contributed by atoms with E-state index in [2.05, 4.69) is 5.32 Å². The summed E-state index contributed by atoms with van der Waals surface area (Å²) < 4.78 is 13.0. The van der Waals surface area contributed by atoms with Crippen molar-refractivity contribution in [1.29, 1.82) is 0 Å². The van der Waals surface area contributed by atoms with Gasteiger partial charge in [0.25, 0.3) is 0 Å². The van der Waals surface area contributed by atoms with Gasteiger partial charge in [-0.15, -0.1) is 0 Å². The van der Waals surface area contributed by atoms with E-state index in [-0.39, 0.29) is 36.3 Å². The number of aromatic hydroxyl groups is 1. The highest BCUT2D eigenvalue weighted by Gasteiger charge is 2.35. The van der Waals surface area contributed by atoms with Crippen LogP contribution in [0.1, 0.15) is 6.42 Å². The summed E-state index contributed by atoms with van der Waals surface area (Å²) in [6.45, 7) is 0.258.